The molecule has 1 heterocycles. The van der Waals surface area contributed by atoms with E-state index in [0.29, 0.717) is 24.5 Å². The maximum absolute atomic E-state index is 12.4. The first-order chi connectivity index (χ1) is 14.2. The Morgan fingerprint density at radius 3 is 2.21 bits per heavy atom. The lowest BCUT2D eigenvalue weighted by Gasteiger charge is -2.12. The summed E-state index contributed by atoms with van der Waals surface area (Å²) in [6, 6.07) is 19.6. The SMILES string of the molecule is O=C(NCCNC(=O)c1ccccc1OCCOc1ccccc1)c1ccco1. The van der Waals surface area contributed by atoms with Gasteiger partial charge >= 0.3 is 0 Å². The van der Waals surface area contributed by atoms with E-state index in [1.807, 2.05) is 30.3 Å². The van der Waals surface area contributed by atoms with E-state index >= 15 is 0 Å². The van der Waals surface area contributed by atoms with Crippen LogP contribution in [-0.4, -0.2) is 38.1 Å². The van der Waals surface area contributed by atoms with Gasteiger partial charge in [-0.05, 0) is 36.4 Å². The molecule has 0 atom stereocenters. The molecule has 0 fully saturated rings. The van der Waals surface area contributed by atoms with Gasteiger partial charge in [0.1, 0.15) is 24.7 Å². The molecule has 2 aromatic carbocycles. The fraction of sp³-hybridized carbons (Fsp3) is 0.182. The highest BCUT2D eigenvalue weighted by Gasteiger charge is 2.12. The summed E-state index contributed by atoms with van der Waals surface area (Å²) in [6.45, 7) is 1.22. The topological polar surface area (TPSA) is 89.8 Å². The lowest BCUT2D eigenvalue weighted by Crippen LogP contribution is -2.34. The van der Waals surface area contributed by atoms with Crippen LogP contribution >= 0.6 is 0 Å². The molecule has 29 heavy (non-hydrogen) atoms. The van der Waals surface area contributed by atoms with Gasteiger partial charge in [-0.25, -0.2) is 0 Å². The van der Waals surface area contributed by atoms with Crippen LogP contribution in [0, 0.1) is 0 Å². The van der Waals surface area contributed by atoms with E-state index in [9.17, 15) is 9.59 Å². The first-order valence-corrected chi connectivity index (χ1v) is 9.23. The molecule has 0 unspecified atom stereocenters. The Balaban J connectivity index is 1.42. The van der Waals surface area contributed by atoms with Crippen molar-refractivity contribution in [1.29, 1.82) is 0 Å². The monoisotopic (exact) mass is 394 g/mol. The molecule has 150 valence electrons. The number of benzene rings is 2. The molecule has 0 aliphatic heterocycles. The van der Waals surface area contributed by atoms with Gasteiger partial charge in [0.05, 0.1) is 11.8 Å². The molecule has 1 aromatic heterocycles. The predicted molar refractivity (Wildman–Crippen MR) is 107 cm³/mol. The second-order valence-corrected chi connectivity index (χ2v) is 6.00. The van der Waals surface area contributed by atoms with Gasteiger partial charge in [0.25, 0.3) is 11.8 Å². The van der Waals surface area contributed by atoms with Gasteiger partial charge in [0, 0.05) is 13.1 Å². The zero-order chi connectivity index (χ0) is 20.3. The first kappa shape index (κ1) is 20.0. The molecule has 0 saturated heterocycles. The molecule has 3 aromatic rings. The summed E-state index contributed by atoms with van der Waals surface area (Å²) in [7, 11) is 0. The minimum atomic E-state index is -0.327. The average molecular weight is 394 g/mol. The summed E-state index contributed by atoms with van der Waals surface area (Å²) in [5, 5.41) is 5.43. The Morgan fingerprint density at radius 2 is 1.45 bits per heavy atom. The van der Waals surface area contributed by atoms with Crippen LogP contribution in [0.3, 0.4) is 0 Å². The van der Waals surface area contributed by atoms with Gasteiger partial charge in [-0.1, -0.05) is 30.3 Å². The Bertz CT molecular complexity index is 910. The van der Waals surface area contributed by atoms with Crippen LogP contribution in [-0.2, 0) is 0 Å². The second-order valence-electron chi connectivity index (χ2n) is 6.00. The van der Waals surface area contributed by atoms with Gasteiger partial charge in [0.15, 0.2) is 5.76 Å². The maximum atomic E-state index is 12.4. The van der Waals surface area contributed by atoms with Gasteiger partial charge in [-0.15, -0.1) is 0 Å². The minimum absolute atomic E-state index is 0.229. The van der Waals surface area contributed by atoms with Crippen molar-refractivity contribution in [2.75, 3.05) is 26.3 Å². The summed E-state index contributed by atoms with van der Waals surface area (Å²) in [5.74, 6) is 0.857. The van der Waals surface area contributed by atoms with Gasteiger partial charge in [-0.3, -0.25) is 9.59 Å². The van der Waals surface area contributed by atoms with Crippen LogP contribution in [0.2, 0.25) is 0 Å². The second kappa shape index (κ2) is 10.6. The van der Waals surface area contributed by atoms with E-state index in [2.05, 4.69) is 10.6 Å². The van der Waals surface area contributed by atoms with Crippen LogP contribution in [0.4, 0.5) is 0 Å². The van der Waals surface area contributed by atoms with Gasteiger partial charge in [-0.2, -0.15) is 0 Å². The van der Waals surface area contributed by atoms with E-state index in [0.717, 1.165) is 5.75 Å². The lowest BCUT2D eigenvalue weighted by molar-refractivity contribution is 0.0909. The van der Waals surface area contributed by atoms with Crippen LogP contribution in [0.15, 0.2) is 77.4 Å². The van der Waals surface area contributed by atoms with Crippen LogP contribution in [0.1, 0.15) is 20.9 Å². The third-order valence-electron chi connectivity index (χ3n) is 3.93. The van der Waals surface area contributed by atoms with Gasteiger partial charge in [0.2, 0.25) is 0 Å². The molecule has 2 N–H and O–H groups in total. The molecule has 0 saturated carbocycles. The highest BCUT2D eigenvalue weighted by molar-refractivity contribution is 5.97. The van der Waals surface area contributed by atoms with Crippen LogP contribution < -0.4 is 20.1 Å². The third kappa shape index (κ3) is 6.14. The molecule has 2 amide bonds. The number of hydrogen-bond acceptors (Lipinski definition) is 5. The minimum Gasteiger partial charge on any atom is -0.490 e. The maximum Gasteiger partial charge on any atom is 0.287 e. The molecule has 7 nitrogen and oxygen atoms in total. The highest BCUT2D eigenvalue weighted by Crippen LogP contribution is 2.18. The van der Waals surface area contributed by atoms with E-state index < -0.39 is 0 Å². The zero-order valence-corrected chi connectivity index (χ0v) is 15.8. The Morgan fingerprint density at radius 1 is 0.759 bits per heavy atom. The largest absolute Gasteiger partial charge is 0.490 e. The zero-order valence-electron chi connectivity index (χ0n) is 15.8. The van der Waals surface area contributed by atoms with Crippen molar-refractivity contribution in [3.05, 3.63) is 84.3 Å². The van der Waals surface area contributed by atoms with Gasteiger partial charge < -0.3 is 24.5 Å². The van der Waals surface area contributed by atoms with Crippen molar-refractivity contribution in [3.63, 3.8) is 0 Å². The Labute approximate surface area is 168 Å². The van der Waals surface area contributed by atoms with E-state index in [1.165, 1.54) is 6.26 Å². The van der Waals surface area contributed by atoms with E-state index in [-0.39, 0.29) is 30.7 Å². The molecule has 7 heteroatoms. The van der Waals surface area contributed by atoms with E-state index in [1.54, 1.807) is 36.4 Å². The fourth-order valence-electron chi connectivity index (χ4n) is 2.55. The van der Waals surface area contributed by atoms with Crippen molar-refractivity contribution in [3.8, 4) is 11.5 Å². The van der Waals surface area contributed by atoms with Crippen molar-refractivity contribution < 1.29 is 23.5 Å². The summed E-state index contributed by atoms with van der Waals surface area (Å²) in [4.78, 5) is 24.2. The first-order valence-electron chi connectivity index (χ1n) is 9.23. The fourth-order valence-corrected chi connectivity index (χ4v) is 2.55. The molecular weight excluding hydrogens is 372 g/mol. The summed E-state index contributed by atoms with van der Waals surface area (Å²) >= 11 is 0. The molecule has 0 spiro atoms. The number of carbonyl (C=O) groups is 2. The standard InChI is InChI=1S/C22H22N2O5/c25-21(23-12-13-24-22(26)20-11-6-14-28-20)18-9-4-5-10-19(18)29-16-15-27-17-7-2-1-3-8-17/h1-11,14H,12-13,15-16H2,(H,23,25)(H,24,26). The normalized spacial score (nSPS) is 10.2. The smallest absolute Gasteiger partial charge is 0.287 e. The number of amides is 2. The number of hydrogen-bond donors (Lipinski definition) is 2. The quantitative estimate of drug-likeness (QED) is 0.516. The molecule has 0 radical (unpaired) electrons. The third-order valence-corrected chi connectivity index (χ3v) is 3.93. The predicted octanol–water partition coefficient (Wildman–Crippen LogP) is 2.90. The molecule has 0 aliphatic carbocycles. The summed E-state index contributed by atoms with van der Waals surface area (Å²) in [5.41, 5.74) is 0.421. The number of carbonyl (C=O) groups excluding carboxylic acids is 2. The highest BCUT2D eigenvalue weighted by atomic mass is 16.5. The van der Waals surface area contributed by atoms with Crippen molar-refractivity contribution >= 4 is 11.8 Å². The Hall–Kier alpha value is -3.74. The summed E-state index contributed by atoms with van der Waals surface area (Å²) in [6.07, 6.45) is 1.43. The molecule has 0 aliphatic rings. The van der Waals surface area contributed by atoms with Crippen LogP contribution in [0.25, 0.3) is 0 Å². The lowest BCUT2D eigenvalue weighted by atomic mass is 10.2. The summed E-state index contributed by atoms with van der Waals surface area (Å²) < 4.78 is 16.3. The van der Waals surface area contributed by atoms with E-state index in [4.69, 9.17) is 13.9 Å². The molecule has 3 rings (SSSR count). The number of para-hydroxylation sites is 2. The number of nitrogens with one attached hydrogen (secondary N) is 2. The van der Waals surface area contributed by atoms with Crippen molar-refractivity contribution in [2.45, 2.75) is 0 Å². The van der Waals surface area contributed by atoms with Crippen molar-refractivity contribution in [1.82, 2.24) is 10.6 Å². The average Bonchev–Trinajstić information content (AvgIpc) is 3.30. The molecular formula is C22H22N2O5. The molecule has 0 bridgehead atoms. The Kier molecular flexibility index (Phi) is 7.28. The number of furan rings is 1. The van der Waals surface area contributed by atoms with Crippen molar-refractivity contribution in [2.24, 2.45) is 0 Å². The number of rotatable bonds is 10. The van der Waals surface area contributed by atoms with Crippen LogP contribution in [0.5, 0.6) is 11.5 Å². The number of ether oxygens (including phenoxy) is 2.